The van der Waals surface area contributed by atoms with Gasteiger partial charge >= 0.3 is 6.29 Å². The number of ether oxygens (including phenoxy) is 2. The average molecular weight is 373 g/mol. The lowest BCUT2D eigenvalue weighted by atomic mass is 10.0. The summed E-state index contributed by atoms with van der Waals surface area (Å²) < 4.78 is 37.6. The van der Waals surface area contributed by atoms with E-state index in [1.54, 1.807) is 18.3 Å². The smallest absolute Gasteiger partial charge is 0.395 e. The van der Waals surface area contributed by atoms with Crippen molar-refractivity contribution in [3.63, 3.8) is 0 Å². The molecule has 9 heteroatoms. The Hall–Kier alpha value is -2.94. The number of rotatable bonds is 3. The Morgan fingerprint density at radius 1 is 1.26 bits per heavy atom. The largest absolute Gasteiger partial charge is 0.586 e. The zero-order valence-electron chi connectivity index (χ0n) is 14.6. The molecule has 0 saturated heterocycles. The lowest BCUT2D eigenvalue weighted by Gasteiger charge is -2.26. The molecule has 2 aliphatic heterocycles. The summed E-state index contributed by atoms with van der Waals surface area (Å²) in [6.07, 6.45) is 0.937. The van der Waals surface area contributed by atoms with E-state index in [9.17, 15) is 8.78 Å². The number of fused-ring (bicyclic) bond motifs is 2. The molecule has 0 amide bonds. The van der Waals surface area contributed by atoms with E-state index in [2.05, 4.69) is 29.6 Å². The van der Waals surface area contributed by atoms with Crippen LogP contribution in [0.15, 0.2) is 30.6 Å². The number of aryl methyl sites for hydroxylation is 1. The first kappa shape index (κ1) is 16.2. The normalized spacial score (nSPS) is 17.9. The number of H-pyrrole nitrogens is 1. The van der Waals surface area contributed by atoms with Gasteiger partial charge in [0.25, 0.3) is 0 Å². The van der Waals surface area contributed by atoms with Crippen molar-refractivity contribution in [2.24, 2.45) is 7.05 Å². The van der Waals surface area contributed by atoms with E-state index >= 15 is 0 Å². The monoisotopic (exact) mass is 373 g/mol. The molecule has 0 atom stereocenters. The third-order valence-electron chi connectivity index (χ3n) is 4.97. The Bertz CT molecular complexity index is 1010. The van der Waals surface area contributed by atoms with E-state index < -0.39 is 6.29 Å². The van der Waals surface area contributed by atoms with Gasteiger partial charge in [-0.05, 0) is 18.2 Å². The Balaban J connectivity index is 1.43. The standard InChI is InChI=1S/C18H17F2N5O2/c1-24-7-5-21-16(24)10-25-6-4-13-12(9-25)17(23-22-13)11-2-3-14-15(8-11)27-18(19,20)26-14/h2-3,5,7-8H,4,6,9-10H2,1H3,(H,22,23). The van der Waals surface area contributed by atoms with Gasteiger partial charge in [0.2, 0.25) is 0 Å². The van der Waals surface area contributed by atoms with Crippen molar-refractivity contribution >= 4 is 0 Å². The summed E-state index contributed by atoms with van der Waals surface area (Å²) in [5.41, 5.74) is 3.60. The molecule has 7 nitrogen and oxygen atoms in total. The van der Waals surface area contributed by atoms with Gasteiger partial charge in [-0.2, -0.15) is 5.10 Å². The number of halogens is 2. The number of hydrogen-bond donors (Lipinski definition) is 1. The van der Waals surface area contributed by atoms with Crippen molar-refractivity contribution in [2.75, 3.05) is 6.54 Å². The van der Waals surface area contributed by atoms with Crippen molar-refractivity contribution in [1.29, 1.82) is 0 Å². The second-order valence-electron chi connectivity index (χ2n) is 6.77. The first-order chi connectivity index (χ1) is 13.0. The molecule has 2 aliphatic rings. The van der Waals surface area contributed by atoms with E-state index in [1.807, 2.05) is 17.8 Å². The molecule has 0 fully saturated rings. The maximum atomic E-state index is 13.3. The van der Waals surface area contributed by atoms with Crippen molar-refractivity contribution in [1.82, 2.24) is 24.6 Å². The van der Waals surface area contributed by atoms with Crippen molar-refractivity contribution < 1.29 is 18.3 Å². The van der Waals surface area contributed by atoms with E-state index in [0.29, 0.717) is 12.1 Å². The predicted molar refractivity (Wildman–Crippen MR) is 91.3 cm³/mol. The first-order valence-electron chi connectivity index (χ1n) is 8.63. The van der Waals surface area contributed by atoms with Gasteiger partial charge in [0.1, 0.15) is 5.82 Å². The number of alkyl halides is 2. The van der Waals surface area contributed by atoms with Gasteiger partial charge in [0.15, 0.2) is 11.5 Å². The summed E-state index contributed by atoms with van der Waals surface area (Å²) in [5.74, 6) is 1.05. The summed E-state index contributed by atoms with van der Waals surface area (Å²) in [5, 5.41) is 7.50. The minimum atomic E-state index is -3.62. The van der Waals surface area contributed by atoms with E-state index in [4.69, 9.17) is 0 Å². The number of nitrogens with zero attached hydrogens (tertiary/aromatic N) is 4. The molecule has 2 aromatic heterocycles. The number of hydrogen-bond acceptors (Lipinski definition) is 5. The quantitative estimate of drug-likeness (QED) is 0.765. The van der Waals surface area contributed by atoms with Crippen LogP contribution in [0.2, 0.25) is 0 Å². The highest BCUT2D eigenvalue weighted by molar-refractivity contribution is 5.68. The molecule has 1 N–H and O–H groups in total. The lowest BCUT2D eigenvalue weighted by Crippen LogP contribution is -2.31. The minimum Gasteiger partial charge on any atom is -0.395 e. The van der Waals surface area contributed by atoms with Crippen molar-refractivity contribution in [2.45, 2.75) is 25.8 Å². The summed E-state index contributed by atoms with van der Waals surface area (Å²) in [6.45, 7) is 2.34. The highest BCUT2D eigenvalue weighted by Gasteiger charge is 2.43. The van der Waals surface area contributed by atoms with Crippen LogP contribution in [0.3, 0.4) is 0 Å². The molecule has 0 aliphatic carbocycles. The van der Waals surface area contributed by atoms with Crippen LogP contribution in [-0.4, -0.2) is 37.5 Å². The molecule has 0 radical (unpaired) electrons. The Labute approximate surface area is 153 Å². The third kappa shape index (κ3) is 2.84. The highest BCUT2D eigenvalue weighted by Crippen LogP contribution is 2.43. The summed E-state index contributed by atoms with van der Waals surface area (Å²) >= 11 is 0. The summed E-state index contributed by atoms with van der Waals surface area (Å²) in [6, 6.07) is 4.75. The van der Waals surface area contributed by atoms with Crippen LogP contribution in [0, 0.1) is 0 Å². The maximum Gasteiger partial charge on any atom is 0.586 e. The fourth-order valence-corrected chi connectivity index (χ4v) is 3.57. The molecular weight excluding hydrogens is 356 g/mol. The lowest BCUT2D eigenvalue weighted by molar-refractivity contribution is -0.286. The predicted octanol–water partition coefficient (Wildman–Crippen LogP) is 2.69. The fraction of sp³-hybridized carbons (Fsp3) is 0.333. The Morgan fingerprint density at radius 3 is 2.93 bits per heavy atom. The van der Waals surface area contributed by atoms with Gasteiger partial charge in [0.05, 0.1) is 12.2 Å². The van der Waals surface area contributed by atoms with Crippen LogP contribution in [0.5, 0.6) is 11.5 Å². The summed E-state index contributed by atoms with van der Waals surface area (Å²) in [7, 11) is 1.98. The average Bonchev–Trinajstić information content (AvgIpc) is 3.30. The van der Waals surface area contributed by atoms with Gasteiger partial charge in [-0.1, -0.05) is 0 Å². The van der Waals surface area contributed by atoms with E-state index in [-0.39, 0.29) is 11.5 Å². The number of nitrogens with one attached hydrogen (secondary N) is 1. The Morgan fingerprint density at radius 2 is 2.11 bits per heavy atom. The van der Waals surface area contributed by atoms with E-state index in [1.165, 1.54) is 6.07 Å². The molecule has 0 bridgehead atoms. The molecular formula is C18H17F2N5O2. The molecule has 0 saturated carbocycles. The third-order valence-corrected chi connectivity index (χ3v) is 4.97. The topological polar surface area (TPSA) is 68.2 Å². The summed E-state index contributed by atoms with van der Waals surface area (Å²) in [4.78, 5) is 6.68. The highest BCUT2D eigenvalue weighted by atomic mass is 19.3. The SMILES string of the molecule is Cn1ccnc1CN1CCc2[nH]nc(-c3ccc4c(c3)OC(F)(F)O4)c2C1. The second-order valence-corrected chi connectivity index (χ2v) is 6.77. The zero-order valence-corrected chi connectivity index (χ0v) is 14.6. The molecule has 0 spiro atoms. The molecule has 4 heterocycles. The number of aromatic nitrogens is 4. The van der Waals surface area contributed by atoms with Crippen LogP contribution in [-0.2, 0) is 26.6 Å². The number of aromatic amines is 1. The van der Waals surface area contributed by atoms with Gasteiger partial charge in [-0.3, -0.25) is 10.00 Å². The zero-order chi connectivity index (χ0) is 18.6. The van der Waals surface area contributed by atoms with Crippen molar-refractivity contribution in [3.8, 4) is 22.8 Å². The number of imidazole rings is 1. The second kappa shape index (κ2) is 5.78. The molecule has 140 valence electrons. The van der Waals surface area contributed by atoms with Crippen LogP contribution < -0.4 is 9.47 Å². The maximum absolute atomic E-state index is 13.3. The molecule has 0 unspecified atom stereocenters. The molecule has 3 aromatic rings. The minimum absolute atomic E-state index is 0.0231. The molecule has 27 heavy (non-hydrogen) atoms. The van der Waals surface area contributed by atoms with Gasteiger partial charge in [-0.15, -0.1) is 8.78 Å². The van der Waals surface area contributed by atoms with Crippen LogP contribution in [0.25, 0.3) is 11.3 Å². The van der Waals surface area contributed by atoms with Gasteiger partial charge < -0.3 is 14.0 Å². The van der Waals surface area contributed by atoms with Gasteiger partial charge in [-0.25, -0.2) is 4.98 Å². The molecule has 5 rings (SSSR count). The number of benzene rings is 1. The van der Waals surface area contributed by atoms with Crippen molar-refractivity contribution in [3.05, 3.63) is 47.7 Å². The fourth-order valence-electron chi connectivity index (χ4n) is 3.57. The van der Waals surface area contributed by atoms with Gasteiger partial charge in [0, 0.05) is 55.8 Å². The van der Waals surface area contributed by atoms with E-state index in [0.717, 1.165) is 42.3 Å². The molecule has 1 aromatic carbocycles. The Kier molecular flexibility index (Phi) is 3.48. The van der Waals surface area contributed by atoms with Crippen LogP contribution in [0.4, 0.5) is 8.78 Å². The van der Waals surface area contributed by atoms with Crippen LogP contribution in [0.1, 0.15) is 17.1 Å². The van der Waals surface area contributed by atoms with Crippen LogP contribution >= 0.6 is 0 Å². The first-order valence-corrected chi connectivity index (χ1v) is 8.63.